The second-order valence-electron chi connectivity index (χ2n) is 9.41. The summed E-state index contributed by atoms with van der Waals surface area (Å²) < 4.78 is 11.3. The predicted molar refractivity (Wildman–Crippen MR) is 150 cm³/mol. The Morgan fingerprint density at radius 3 is 2.21 bits per heavy atom. The third-order valence-corrected chi connectivity index (χ3v) is 6.51. The molecule has 0 bridgehead atoms. The van der Waals surface area contributed by atoms with Crippen LogP contribution in [0.4, 0.5) is 11.4 Å². The molecule has 1 heterocycles. The molecule has 7 heteroatoms. The van der Waals surface area contributed by atoms with E-state index < -0.39 is 17.7 Å². The lowest BCUT2D eigenvalue weighted by molar-refractivity contribution is -0.132. The number of hydrogen-bond acceptors (Lipinski definition) is 6. The van der Waals surface area contributed by atoms with Crippen molar-refractivity contribution in [2.45, 2.75) is 33.2 Å². The Morgan fingerprint density at radius 2 is 1.63 bits per heavy atom. The standard InChI is InChI=1S/C31H34N2O5/c1-6-18-38-26-17-10-22(19-20(26)3)29(34)27-28(21-8-11-23(12-9-21)32(4)5)33(31(36)30(27)35)24-13-15-25(16-14-24)37-7-2/h8-17,19,28,34H,6-7,18H2,1-5H3/b29-27-. The number of benzene rings is 3. The molecular formula is C31H34N2O5. The molecular weight excluding hydrogens is 480 g/mol. The van der Waals surface area contributed by atoms with Gasteiger partial charge in [-0.05, 0) is 86.0 Å². The van der Waals surface area contributed by atoms with Crippen molar-refractivity contribution in [3.8, 4) is 11.5 Å². The third-order valence-electron chi connectivity index (χ3n) is 6.51. The van der Waals surface area contributed by atoms with Crippen molar-refractivity contribution in [1.29, 1.82) is 0 Å². The summed E-state index contributed by atoms with van der Waals surface area (Å²) in [7, 11) is 3.88. The molecule has 1 fully saturated rings. The van der Waals surface area contributed by atoms with E-state index in [2.05, 4.69) is 0 Å². The largest absolute Gasteiger partial charge is 0.507 e. The van der Waals surface area contributed by atoms with Gasteiger partial charge in [0.15, 0.2) is 0 Å². The summed E-state index contributed by atoms with van der Waals surface area (Å²) in [5, 5.41) is 11.5. The van der Waals surface area contributed by atoms with Gasteiger partial charge in [-0.15, -0.1) is 0 Å². The van der Waals surface area contributed by atoms with Gasteiger partial charge in [0.25, 0.3) is 11.7 Å². The molecule has 198 valence electrons. The fourth-order valence-electron chi connectivity index (χ4n) is 4.56. The van der Waals surface area contributed by atoms with Crippen LogP contribution < -0.4 is 19.3 Å². The zero-order chi connectivity index (χ0) is 27.4. The van der Waals surface area contributed by atoms with Gasteiger partial charge in [0.05, 0.1) is 24.8 Å². The van der Waals surface area contributed by atoms with Crippen LogP contribution in [0.2, 0.25) is 0 Å². The average molecular weight is 515 g/mol. The fraction of sp³-hybridized carbons (Fsp3) is 0.290. The first-order valence-electron chi connectivity index (χ1n) is 12.8. The van der Waals surface area contributed by atoms with E-state index in [1.165, 1.54) is 4.90 Å². The minimum absolute atomic E-state index is 0.0446. The summed E-state index contributed by atoms with van der Waals surface area (Å²) in [6.45, 7) is 6.92. The van der Waals surface area contributed by atoms with Gasteiger partial charge in [0.2, 0.25) is 0 Å². The van der Waals surface area contributed by atoms with Crippen LogP contribution in [0, 0.1) is 6.92 Å². The van der Waals surface area contributed by atoms with Crippen LogP contribution in [0.25, 0.3) is 5.76 Å². The zero-order valence-corrected chi connectivity index (χ0v) is 22.5. The lowest BCUT2D eigenvalue weighted by atomic mass is 9.94. The van der Waals surface area contributed by atoms with E-state index >= 15 is 0 Å². The molecule has 7 nitrogen and oxygen atoms in total. The maximum atomic E-state index is 13.5. The smallest absolute Gasteiger partial charge is 0.300 e. The van der Waals surface area contributed by atoms with Gasteiger partial charge in [-0.3, -0.25) is 14.5 Å². The van der Waals surface area contributed by atoms with Crippen molar-refractivity contribution in [2.75, 3.05) is 37.1 Å². The molecule has 4 rings (SSSR count). The van der Waals surface area contributed by atoms with Crippen molar-refractivity contribution in [1.82, 2.24) is 0 Å². The van der Waals surface area contributed by atoms with Crippen LogP contribution in [-0.4, -0.2) is 44.1 Å². The molecule has 1 atom stereocenters. The summed E-state index contributed by atoms with van der Waals surface area (Å²) in [6, 6.07) is 19.1. The second kappa shape index (κ2) is 11.4. The van der Waals surface area contributed by atoms with Gasteiger partial charge in [-0.2, -0.15) is 0 Å². The summed E-state index contributed by atoms with van der Waals surface area (Å²) in [6.07, 6.45) is 0.878. The van der Waals surface area contributed by atoms with Crippen molar-refractivity contribution in [2.24, 2.45) is 0 Å². The number of amides is 1. The normalized spacial score (nSPS) is 16.6. The molecule has 1 saturated heterocycles. The minimum atomic E-state index is -0.805. The van der Waals surface area contributed by atoms with Gasteiger partial charge in [0.1, 0.15) is 17.3 Å². The van der Waals surface area contributed by atoms with Crippen LogP contribution in [0.15, 0.2) is 72.3 Å². The van der Waals surface area contributed by atoms with Crippen LogP contribution in [0.5, 0.6) is 11.5 Å². The minimum Gasteiger partial charge on any atom is -0.507 e. The molecule has 0 spiro atoms. The number of Topliss-reactive ketones (excluding diaryl/α,β-unsaturated/α-hetero) is 1. The van der Waals surface area contributed by atoms with Crippen molar-refractivity contribution in [3.05, 3.63) is 89.0 Å². The summed E-state index contributed by atoms with van der Waals surface area (Å²) in [4.78, 5) is 30.3. The molecule has 0 radical (unpaired) electrons. The van der Waals surface area contributed by atoms with Gasteiger partial charge in [0, 0.05) is 31.0 Å². The van der Waals surface area contributed by atoms with E-state index in [0.29, 0.717) is 41.5 Å². The molecule has 1 aliphatic rings. The summed E-state index contributed by atoms with van der Waals surface area (Å²) in [5.41, 5.74) is 3.55. The Labute approximate surface area is 223 Å². The number of hydrogen-bond donors (Lipinski definition) is 1. The molecule has 3 aromatic rings. The number of anilines is 2. The summed E-state index contributed by atoms with van der Waals surface area (Å²) in [5.74, 6) is -0.266. The second-order valence-corrected chi connectivity index (χ2v) is 9.41. The van der Waals surface area contributed by atoms with E-state index in [0.717, 1.165) is 17.7 Å². The maximum Gasteiger partial charge on any atom is 0.300 e. The van der Waals surface area contributed by atoms with E-state index in [1.807, 2.05) is 64.0 Å². The van der Waals surface area contributed by atoms with Crippen LogP contribution in [-0.2, 0) is 9.59 Å². The third kappa shape index (κ3) is 5.23. The molecule has 1 aliphatic heterocycles. The molecule has 0 saturated carbocycles. The van der Waals surface area contributed by atoms with Crippen LogP contribution in [0.3, 0.4) is 0 Å². The monoisotopic (exact) mass is 514 g/mol. The molecule has 1 N–H and O–H groups in total. The number of nitrogens with zero attached hydrogens (tertiary/aromatic N) is 2. The first-order valence-corrected chi connectivity index (χ1v) is 12.8. The Morgan fingerprint density at radius 1 is 0.947 bits per heavy atom. The molecule has 1 amide bonds. The number of aliphatic hydroxyl groups is 1. The van der Waals surface area contributed by atoms with E-state index in [9.17, 15) is 14.7 Å². The number of carbonyl (C=O) groups excluding carboxylic acids is 2. The topological polar surface area (TPSA) is 79.3 Å². The first-order chi connectivity index (χ1) is 18.3. The number of aryl methyl sites for hydroxylation is 1. The van der Waals surface area contributed by atoms with E-state index in [-0.39, 0.29) is 11.3 Å². The number of ketones is 1. The first kappa shape index (κ1) is 26.8. The lowest BCUT2D eigenvalue weighted by Gasteiger charge is -2.26. The van der Waals surface area contributed by atoms with Crippen LogP contribution >= 0.6 is 0 Å². The SMILES string of the molecule is CCCOc1ccc(/C(O)=C2/C(=O)C(=O)N(c3ccc(OCC)cc3)C2c2ccc(N(C)C)cc2)cc1C. The zero-order valence-electron chi connectivity index (χ0n) is 22.5. The van der Waals surface area contributed by atoms with Crippen molar-refractivity contribution < 1.29 is 24.2 Å². The predicted octanol–water partition coefficient (Wildman–Crippen LogP) is 5.87. The average Bonchev–Trinajstić information content (AvgIpc) is 3.18. The van der Waals surface area contributed by atoms with Crippen molar-refractivity contribution in [3.63, 3.8) is 0 Å². The number of aliphatic hydroxyl groups excluding tert-OH is 1. The van der Waals surface area contributed by atoms with Gasteiger partial charge in [-0.25, -0.2) is 0 Å². The Balaban J connectivity index is 1.84. The number of carbonyl (C=O) groups is 2. The van der Waals surface area contributed by atoms with Gasteiger partial charge < -0.3 is 19.5 Å². The summed E-state index contributed by atoms with van der Waals surface area (Å²) >= 11 is 0. The van der Waals surface area contributed by atoms with E-state index in [1.54, 1.807) is 42.5 Å². The van der Waals surface area contributed by atoms with Gasteiger partial charge in [-0.1, -0.05) is 19.1 Å². The number of rotatable bonds is 9. The van der Waals surface area contributed by atoms with Crippen LogP contribution in [0.1, 0.15) is 43.0 Å². The highest BCUT2D eigenvalue weighted by Gasteiger charge is 2.47. The van der Waals surface area contributed by atoms with E-state index in [4.69, 9.17) is 9.47 Å². The molecule has 1 unspecified atom stereocenters. The lowest BCUT2D eigenvalue weighted by Crippen LogP contribution is -2.29. The maximum absolute atomic E-state index is 13.5. The fourth-order valence-corrected chi connectivity index (χ4v) is 4.56. The highest BCUT2D eigenvalue weighted by molar-refractivity contribution is 6.51. The molecule has 0 aliphatic carbocycles. The quantitative estimate of drug-likeness (QED) is 0.218. The molecule has 3 aromatic carbocycles. The number of ether oxygens (including phenoxy) is 2. The Hall–Kier alpha value is -4.26. The van der Waals surface area contributed by atoms with Crippen molar-refractivity contribution >= 4 is 28.8 Å². The highest BCUT2D eigenvalue weighted by atomic mass is 16.5. The molecule has 38 heavy (non-hydrogen) atoms. The van der Waals surface area contributed by atoms with Gasteiger partial charge >= 0.3 is 0 Å². The molecule has 0 aromatic heterocycles. The Bertz CT molecular complexity index is 1340. The Kier molecular flexibility index (Phi) is 8.05. The highest BCUT2D eigenvalue weighted by Crippen LogP contribution is 2.43.